The summed E-state index contributed by atoms with van der Waals surface area (Å²) in [4.78, 5) is 26.3. The van der Waals surface area contributed by atoms with E-state index in [1.165, 1.54) is 12.1 Å². The maximum absolute atomic E-state index is 13.2. The van der Waals surface area contributed by atoms with Gasteiger partial charge in [0.05, 0.1) is 12.5 Å². The molecule has 1 fully saturated rings. The zero-order valence-corrected chi connectivity index (χ0v) is 15.3. The summed E-state index contributed by atoms with van der Waals surface area (Å²) in [5.41, 5.74) is 1.59. The number of anilines is 1. The minimum absolute atomic E-state index is 0.0653. The van der Waals surface area contributed by atoms with Gasteiger partial charge in [0.1, 0.15) is 11.6 Å². The summed E-state index contributed by atoms with van der Waals surface area (Å²) in [6.45, 7) is 3.27. The van der Waals surface area contributed by atoms with Crippen LogP contribution < -0.4 is 15.0 Å². The molecule has 0 radical (unpaired) electrons. The average molecular weight is 370 g/mol. The Morgan fingerprint density at radius 2 is 2.04 bits per heavy atom. The van der Waals surface area contributed by atoms with Crippen LogP contribution in [-0.2, 0) is 16.0 Å². The summed E-state index contributed by atoms with van der Waals surface area (Å²) >= 11 is 0. The van der Waals surface area contributed by atoms with Crippen molar-refractivity contribution in [3.05, 3.63) is 59.9 Å². The van der Waals surface area contributed by atoms with E-state index in [1.807, 2.05) is 37.3 Å². The van der Waals surface area contributed by atoms with Gasteiger partial charge in [0, 0.05) is 25.2 Å². The number of amides is 2. The third-order valence-corrected chi connectivity index (χ3v) is 4.56. The number of halogens is 1. The third kappa shape index (κ3) is 4.84. The van der Waals surface area contributed by atoms with E-state index in [2.05, 4.69) is 5.32 Å². The minimum Gasteiger partial charge on any atom is -0.494 e. The van der Waals surface area contributed by atoms with Crippen molar-refractivity contribution in [1.29, 1.82) is 0 Å². The molecule has 2 aromatic rings. The topological polar surface area (TPSA) is 58.6 Å². The molecule has 1 heterocycles. The smallest absolute Gasteiger partial charge is 0.227 e. The summed E-state index contributed by atoms with van der Waals surface area (Å²) in [5, 5.41) is 2.85. The number of hydrogen-bond donors (Lipinski definition) is 1. The van der Waals surface area contributed by atoms with Crippen LogP contribution in [0.2, 0.25) is 0 Å². The molecule has 0 spiro atoms. The van der Waals surface area contributed by atoms with E-state index in [1.54, 1.807) is 11.0 Å². The molecular weight excluding hydrogens is 347 g/mol. The number of ether oxygens (including phenoxy) is 1. The van der Waals surface area contributed by atoms with Crippen LogP contribution in [-0.4, -0.2) is 31.5 Å². The van der Waals surface area contributed by atoms with Crippen LogP contribution in [0.15, 0.2) is 48.5 Å². The third-order valence-electron chi connectivity index (χ3n) is 4.56. The van der Waals surface area contributed by atoms with E-state index >= 15 is 0 Å². The highest BCUT2D eigenvalue weighted by atomic mass is 19.1. The minimum atomic E-state index is -0.378. The predicted octanol–water partition coefficient (Wildman–Crippen LogP) is 2.94. The Labute approximate surface area is 158 Å². The summed E-state index contributed by atoms with van der Waals surface area (Å²) in [6, 6.07) is 13.6. The van der Waals surface area contributed by atoms with Crippen LogP contribution in [0.25, 0.3) is 0 Å². The first-order chi connectivity index (χ1) is 13.1. The number of carbonyl (C=O) groups excluding carboxylic acids is 2. The molecule has 0 bridgehead atoms. The highest BCUT2D eigenvalue weighted by Gasteiger charge is 2.34. The fraction of sp³-hybridized carbons (Fsp3) is 0.333. The number of nitrogens with one attached hydrogen (secondary N) is 1. The van der Waals surface area contributed by atoms with Crippen LogP contribution in [0, 0.1) is 11.7 Å². The van der Waals surface area contributed by atoms with E-state index in [0.29, 0.717) is 26.1 Å². The van der Waals surface area contributed by atoms with Crippen molar-refractivity contribution in [3.63, 3.8) is 0 Å². The van der Waals surface area contributed by atoms with E-state index in [4.69, 9.17) is 4.74 Å². The second-order valence-electron chi connectivity index (χ2n) is 6.50. The largest absolute Gasteiger partial charge is 0.494 e. The number of carbonyl (C=O) groups is 2. The Hall–Kier alpha value is -2.89. The van der Waals surface area contributed by atoms with E-state index in [0.717, 1.165) is 17.0 Å². The molecule has 1 unspecified atom stereocenters. The van der Waals surface area contributed by atoms with Crippen LogP contribution in [0.3, 0.4) is 0 Å². The van der Waals surface area contributed by atoms with Crippen molar-refractivity contribution in [3.8, 4) is 5.75 Å². The Balaban J connectivity index is 1.52. The second kappa shape index (κ2) is 8.66. The fourth-order valence-corrected chi connectivity index (χ4v) is 3.19. The fourth-order valence-electron chi connectivity index (χ4n) is 3.19. The van der Waals surface area contributed by atoms with Gasteiger partial charge in [-0.1, -0.05) is 12.1 Å². The van der Waals surface area contributed by atoms with Gasteiger partial charge in [0.15, 0.2) is 0 Å². The highest BCUT2D eigenvalue weighted by Crippen LogP contribution is 2.27. The average Bonchev–Trinajstić information content (AvgIpc) is 3.04. The molecule has 2 aromatic carbocycles. The SMILES string of the molecule is CCOc1ccc(N2CC(C(=O)NCCc3cccc(F)c3)CC2=O)cc1. The van der Waals surface area contributed by atoms with Crippen LogP contribution in [0.1, 0.15) is 18.9 Å². The molecule has 1 N–H and O–H groups in total. The molecule has 1 aliphatic rings. The van der Waals surface area contributed by atoms with Crippen LogP contribution >= 0.6 is 0 Å². The molecule has 1 aliphatic heterocycles. The summed E-state index contributed by atoms with van der Waals surface area (Å²) < 4.78 is 18.6. The molecule has 0 aromatic heterocycles. The van der Waals surface area contributed by atoms with Crippen molar-refractivity contribution < 1.29 is 18.7 Å². The maximum Gasteiger partial charge on any atom is 0.227 e. The van der Waals surface area contributed by atoms with Crippen molar-refractivity contribution in [2.75, 3.05) is 24.6 Å². The van der Waals surface area contributed by atoms with Crippen LogP contribution in [0.4, 0.5) is 10.1 Å². The van der Waals surface area contributed by atoms with Gasteiger partial charge in [-0.3, -0.25) is 9.59 Å². The lowest BCUT2D eigenvalue weighted by Crippen LogP contribution is -2.34. The number of nitrogens with zero attached hydrogens (tertiary/aromatic N) is 1. The first-order valence-corrected chi connectivity index (χ1v) is 9.12. The quantitative estimate of drug-likeness (QED) is 0.815. The molecule has 27 heavy (non-hydrogen) atoms. The lowest BCUT2D eigenvalue weighted by atomic mass is 10.1. The standard InChI is InChI=1S/C21H23FN2O3/c1-2-27-19-8-6-18(7-9-19)24-14-16(13-20(24)25)21(26)23-11-10-15-4-3-5-17(22)12-15/h3-9,12,16H,2,10-11,13-14H2,1H3,(H,23,26). The van der Waals surface area contributed by atoms with Crippen LogP contribution in [0.5, 0.6) is 5.75 Å². The Bertz CT molecular complexity index is 807. The van der Waals surface area contributed by atoms with Gasteiger partial charge >= 0.3 is 0 Å². The van der Waals surface area contributed by atoms with Crippen molar-refractivity contribution >= 4 is 17.5 Å². The molecule has 2 amide bonds. The van der Waals surface area contributed by atoms with Gasteiger partial charge < -0.3 is 15.0 Å². The summed E-state index contributed by atoms with van der Waals surface area (Å²) in [7, 11) is 0. The van der Waals surface area contributed by atoms with Crippen molar-refractivity contribution in [2.24, 2.45) is 5.92 Å². The Kier molecular flexibility index (Phi) is 6.06. The van der Waals surface area contributed by atoms with E-state index < -0.39 is 0 Å². The second-order valence-corrected chi connectivity index (χ2v) is 6.50. The van der Waals surface area contributed by atoms with Gasteiger partial charge in [-0.25, -0.2) is 4.39 Å². The summed E-state index contributed by atoms with van der Waals surface area (Å²) in [5.74, 6) is -0.125. The van der Waals surface area contributed by atoms with Gasteiger partial charge in [-0.05, 0) is 55.3 Å². The van der Waals surface area contributed by atoms with Gasteiger partial charge in [0.25, 0.3) is 0 Å². The van der Waals surface area contributed by atoms with Gasteiger partial charge in [-0.2, -0.15) is 0 Å². The number of benzene rings is 2. The molecule has 6 heteroatoms. The molecule has 3 rings (SSSR count). The van der Waals surface area contributed by atoms with Crippen molar-refractivity contribution in [1.82, 2.24) is 5.32 Å². The molecule has 0 saturated carbocycles. The lowest BCUT2D eigenvalue weighted by Gasteiger charge is -2.17. The summed E-state index contributed by atoms with van der Waals surface area (Å²) in [6.07, 6.45) is 0.742. The predicted molar refractivity (Wildman–Crippen MR) is 101 cm³/mol. The van der Waals surface area contributed by atoms with Gasteiger partial charge in [0.2, 0.25) is 11.8 Å². The Morgan fingerprint density at radius 1 is 1.26 bits per heavy atom. The first-order valence-electron chi connectivity index (χ1n) is 9.12. The normalized spacial score (nSPS) is 16.4. The molecular formula is C21H23FN2O3. The molecule has 1 saturated heterocycles. The van der Waals surface area contributed by atoms with E-state index in [9.17, 15) is 14.0 Å². The highest BCUT2D eigenvalue weighted by molar-refractivity contribution is 6.00. The van der Waals surface area contributed by atoms with Gasteiger partial charge in [-0.15, -0.1) is 0 Å². The zero-order valence-electron chi connectivity index (χ0n) is 15.3. The zero-order chi connectivity index (χ0) is 19.2. The molecule has 5 nitrogen and oxygen atoms in total. The number of hydrogen-bond acceptors (Lipinski definition) is 3. The monoisotopic (exact) mass is 370 g/mol. The maximum atomic E-state index is 13.2. The first kappa shape index (κ1) is 18.9. The lowest BCUT2D eigenvalue weighted by molar-refractivity contribution is -0.126. The molecule has 142 valence electrons. The molecule has 1 atom stereocenters. The van der Waals surface area contributed by atoms with Crippen molar-refractivity contribution in [2.45, 2.75) is 19.8 Å². The number of rotatable bonds is 7. The Morgan fingerprint density at radius 3 is 2.74 bits per heavy atom. The van der Waals surface area contributed by atoms with E-state index in [-0.39, 0.29) is 30.0 Å². The molecule has 0 aliphatic carbocycles.